The highest BCUT2D eigenvalue weighted by Gasteiger charge is 2.19. The number of hydrogen-bond donors (Lipinski definition) is 1. The van der Waals surface area contributed by atoms with Gasteiger partial charge in [-0.1, -0.05) is 0 Å². The Morgan fingerprint density at radius 2 is 2.15 bits per heavy atom. The van der Waals surface area contributed by atoms with Crippen LogP contribution in [0.15, 0.2) is 17.9 Å². The molecule has 4 heterocycles. The number of H-pyrrole nitrogens is 1. The normalized spacial score (nSPS) is 15.9. The number of thiazole rings is 1. The summed E-state index contributed by atoms with van der Waals surface area (Å²) in [5.41, 5.74) is 3.42. The molecule has 102 valence electrons. The SMILES string of the molecule is c1nc2nc(-c3cn[nH]c3)nc(N3CCOCC3)c2s1. The minimum Gasteiger partial charge on any atom is -0.378 e. The van der Waals surface area contributed by atoms with Crippen LogP contribution in [0.25, 0.3) is 21.7 Å². The third-order valence-electron chi connectivity index (χ3n) is 3.24. The van der Waals surface area contributed by atoms with Crippen LogP contribution >= 0.6 is 11.3 Å². The smallest absolute Gasteiger partial charge is 0.176 e. The predicted octanol–water partition coefficient (Wildman–Crippen LogP) is 1.31. The number of morpholine rings is 1. The van der Waals surface area contributed by atoms with Crippen molar-refractivity contribution in [2.24, 2.45) is 0 Å². The zero-order valence-electron chi connectivity index (χ0n) is 10.6. The van der Waals surface area contributed by atoms with Gasteiger partial charge in [-0.25, -0.2) is 15.0 Å². The fourth-order valence-corrected chi connectivity index (χ4v) is 2.98. The van der Waals surface area contributed by atoms with Gasteiger partial charge in [-0.3, -0.25) is 5.10 Å². The van der Waals surface area contributed by atoms with Crippen molar-refractivity contribution in [3.05, 3.63) is 17.9 Å². The van der Waals surface area contributed by atoms with Gasteiger partial charge in [0.2, 0.25) is 0 Å². The Labute approximate surface area is 118 Å². The van der Waals surface area contributed by atoms with Crippen molar-refractivity contribution >= 4 is 27.5 Å². The van der Waals surface area contributed by atoms with Gasteiger partial charge in [-0.05, 0) is 0 Å². The number of nitrogens with one attached hydrogen (secondary N) is 1. The van der Waals surface area contributed by atoms with E-state index in [9.17, 15) is 0 Å². The fourth-order valence-electron chi connectivity index (χ4n) is 2.24. The monoisotopic (exact) mass is 288 g/mol. The minimum atomic E-state index is 0.652. The van der Waals surface area contributed by atoms with E-state index in [1.54, 1.807) is 23.7 Å². The van der Waals surface area contributed by atoms with Crippen LogP contribution in [-0.4, -0.2) is 51.5 Å². The molecule has 1 N–H and O–H groups in total. The Bertz CT molecular complexity index is 719. The lowest BCUT2D eigenvalue weighted by molar-refractivity contribution is 0.122. The molecule has 0 saturated carbocycles. The Kier molecular flexibility index (Phi) is 2.82. The van der Waals surface area contributed by atoms with Crippen molar-refractivity contribution in [2.75, 3.05) is 31.2 Å². The highest BCUT2D eigenvalue weighted by molar-refractivity contribution is 7.17. The van der Waals surface area contributed by atoms with Gasteiger partial charge in [-0.15, -0.1) is 11.3 Å². The van der Waals surface area contributed by atoms with Gasteiger partial charge in [-0.2, -0.15) is 5.10 Å². The lowest BCUT2D eigenvalue weighted by Crippen LogP contribution is -2.36. The summed E-state index contributed by atoms with van der Waals surface area (Å²) in [4.78, 5) is 15.8. The molecular formula is C12H12N6OS. The van der Waals surface area contributed by atoms with Gasteiger partial charge in [0.05, 0.1) is 30.5 Å². The number of fused-ring (bicyclic) bond motifs is 1. The van der Waals surface area contributed by atoms with E-state index < -0.39 is 0 Å². The lowest BCUT2D eigenvalue weighted by Gasteiger charge is -2.28. The molecule has 1 aliphatic heterocycles. The van der Waals surface area contributed by atoms with E-state index in [4.69, 9.17) is 9.72 Å². The summed E-state index contributed by atoms with van der Waals surface area (Å²) in [5.74, 6) is 1.59. The number of rotatable bonds is 2. The van der Waals surface area contributed by atoms with E-state index in [-0.39, 0.29) is 0 Å². The van der Waals surface area contributed by atoms with E-state index >= 15 is 0 Å². The van der Waals surface area contributed by atoms with Crippen molar-refractivity contribution in [3.63, 3.8) is 0 Å². The molecule has 0 radical (unpaired) electrons. The third kappa shape index (κ3) is 1.93. The molecule has 1 saturated heterocycles. The summed E-state index contributed by atoms with van der Waals surface area (Å²) in [6.45, 7) is 3.14. The Balaban J connectivity index is 1.86. The van der Waals surface area contributed by atoms with Crippen LogP contribution in [0.5, 0.6) is 0 Å². The van der Waals surface area contributed by atoms with Crippen molar-refractivity contribution in [1.29, 1.82) is 0 Å². The third-order valence-corrected chi connectivity index (χ3v) is 4.05. The summed E-state index contributed by atoms with van der Waals surface area (Å²) >= 11 is 1.57. The average molecular weight is 288 g/mol. The number of hydrogen-bond acceptors (Lipinski definition) is 7. The minimum absolute atomic E-state index is 0.652. The standard InChI is InChI=1S/C12H12N6OS/c1-3-19-4-2-18(1)12-9-11(13-7-20-9)16-10(17-12)8-5-14-15-6-8/h5-7H,1-4H2,(H,14,15). The summed E-state index contributed by atoms with van der Waals surface area (Å²) in [7, 11) is 0. The van der Waals surface area contributed by atoms with Gasteiger partial charge in [0.15, 0.2) is 17.3 Å². The second kappa shape index (κ2) is 4.80. The number of ether oxygens (including phenoxy) is 1. The quantitative estimate of drug-likeness (QED) is 0.766. The first kappa shape index (κ1) is 11.7. The molecule has 4 rings (SSSR count). The summed E-state index contributed by atoms with van der Waals surface area (Å²) < 4.78 is 6.43. The van der Waals surface area contributed by atoms with Gasteiger partial charge in [0.1, 0.15) is 4.70 Å². The topological polar surface area (TPSA) is 79.8 Å². The molecule has 1 aliphatic rings. The second-order valence-corrected chi connectivity index (χ2v) is 5.32. The van der Waals surface area contributed by atoms with Gasteiger partial charge >= 0.3 is 0 Å². The molecular weight excluding hydrogens is 276 g/mol. The highest BCUT2D eigenvalue weighted by atomic mass is 32.1. The summed E-state index contributed by atoms with van der Waals surface area (Å²) in [5, 5.41) is 6.74. The molecule has 1 fully saturated rings. The second-order valence-electron chi connectivity index (χ2n) is 4.46. The van der Waals surface area contributed by atoms with Crippen molar-refractivity contribution < 1.29 is 4.74 Å². The Morgan fingerprint density at radius 1 is 1.25 bits per heavy atom. The lowest BCUT2D eigenvalue weighted by atomic mass is 10.3. The van der Waals surface area contributed by atoms with E-state index in [1.165, 1.54) is 0 Å². The molecule has 7 nitrogen and oxygen atoms in total. The van der Waals surface area contributed by atoms with Crippen LogP contribution in [0, 0.1) is 0 Å². The number of aromatic amines is 1. The zero-order valence-corrected chi connectivity index (χ0v) is 11.4. The van der Waals surface area contributed by atoms with E-state index in [0.29, 0.717) is 5.82 Å². The molecule has 0 unspecified atom stereocenters. The molecule has 0 amide bonds. The van der Waals surface area contributed by atoms with Gasteiger partial charge in [0.25, 0.3) is 0 Å². The van der Waals surface area contributed by atoms with E-state index in [2.05, 4.69) is 25.1 Å². The first-order valence-corrected chi connectivity index (χ1v) is 7.23. The van der Waals surface area contributed by atoms with Crippen LogP contribution in [-0.2, 0) is 4.74 Å². The largest absolute Gasteiger partial charge is 0.378 e. The predicted molar refractivity (Wildman–Crippen MR) is 75.8 cm³/mol. The molecule has 0 bridgehead atoms. The number of aromatic nitrogens is 5. The van der Waals surface area contributed by atoms with Gasteiger partial charge < -0.3 is 9.64 Å². The molecule has 8 heteroatoms. The first-order valence-electron chi connectivity index (χ1n) is 6.35. The summed E-state index contributed by atoms with van der Waals surface area (Å²) in [6.07, 6.45) is 3.51. The zero-order chi connectivity index (χ0) is 13.4. The van der Waals surface area contributed by atoms with Crippen LogP contribution in [0.4, 0.5) is 5.82 Å². The Hall–Kier alpha value is -2.06. The van der Waals surface area contributed by atoms with Gasteiger partial charge in [0, 0.05) is 19.3 Å². The first-order chi connectivity index (χ1) is 9.92. The van der Waals surface area contributed by atoms with E-state index in [0.717, 1.165) is 48.0 Å². The molecule has 3 aromatic rings. The van der Waals surface area contributed by atoms with Crippen molar-refractivity contribution in [3.8, 4) is 11.4 Å². The summed E-state index contributed by atoms with van der Waals surface area (Å²) in [6, 6.07) is 0. The van der Waals surface area contributed by atoms with Crippen molar-refractivity contribution in [1.82, 2.24) is 25.1 Å². The Morgan fingerprint density at radius 3 is 2.95 bits per heavy atom. The highest BCUT2D eigenvalue weighted by Crippen LogP contribution is 2.30. The molecule has 3 aromatic heterocycles. The molecule has 0 aliphatic carbocycles. The van der Waals surface area contributed by atoms with Crippen LogP contribution in [0.3, 0.4) is 0 Å². The van der Waals surface area contributed by atoms with E-state index in [1.807, 2.05) is 5.51 Å². The molecule has 0 spiro atoms. The fraction of sp³-hybridized carbons (Fsp3) is 0.333. The maximum Gasteiger partial charge on any atom is 0.176 e. The molecule has 20 heavy (non-hydrogen) atoms. The number of nitrogens with zero attached hydrogens (tertiary/aromatic N) is 5. The maximum absolute atomic E-state index is 5.40. The van der Waals surface area contributed by atoms with Crippen molar-refractivity contribution in [2.45, 2.75) is 0 Å². The average Bonchev–Trinajstić information content (AvgIpc) is 3.18. The van der Waals surface area contributed by atoms with Crippen LogP contribution in [0.2, 0.25) is 0 Å². The van der Waals surface area contributed by atoms with Crippen LogP contribution < -0.4 is 4.90 Å². The maximum atomic E-state index is 5.40. The molecule has 0 aromatic carbocycles. The molecule has 0 atom stereocenters. The number of anilines is 1. The van der Waals surface area contributed by atoms with Crippen LogP contribution in [0.1, 0.15) is 0 Å².